The van der Waals surface area contributed by atoms with Crippen molar-refractivity contribution in [3.8, 4) is 0 Å². The van der Waals surface area contributed by atoms with Crippen LogP contribution in [0.5, 0.6) is 0 Å². The van der Waals surface area contributed by atoms with Crippen LogP contribution >= 0.6 is 0 Å². The number of hydrogen-bond acceptors (Lipinski definition) is 3. The van der Waals surface area contributed by atoms with Crippen LogP contribution in [0.4, 0.5) is 0 Å². The first-order valence-electron chi connectivity index (χ1n) is 8.39. The lowest BCUT2D eigenvalue weighted by atomic mass is 9.96. The Morgan fingerprint density at radius 2 is 2.05 bits per heavy atom. The molecule has 1 aromatic carbocycles. The Morgan fingerprint density at radius 3 is 2.71 bits per heavy atom. The van der Waals surface area contributed by atoms with E-state index in [-0.39, 0.29) is 0 Å². The molecule has 3 heteroatoms. The molecule has 1 aromatic rings. The number of hydrogen-bond donors (Lipinski definition) is 1. The molecule has 3 nitrogen and oxygen atoms in total. The van der Waals surface area contributed by atoms with Crippen LogP contribution in [-0.2, 0) is 6.54 Å². The summed E-state index contributed by atoms with van der Waals surface area (Å²) >= 11 is 0. The largest absolute Gasteiger partial charge is 0.329 e. The molecule has 1 unspecified atom stereocenters. The predicted octanol–water partition coefficient (Wildman–Crippen LogP) is 2.57. The van der Waals surface area contributed by atoms with Gasteiger partial charge >= 0.3 is 0 Å². The summed E-state index contributed by atoms with van der Waals surface area (Å²) < 4.78 is 0. The predicted molar refractivity (Wildman–Crippen MR) is 90.2 cm³/mol. The van der Waals surface area contributed by atoms with E-state index < -0.39 is 0 Å². The number of nitrogens with zero attached hydrogens (tertiary/aromatic N) is 2. The van der Waals surface area contributed by atoms with Crippen LogP contribution in [0.15, 0.2) is 30.3 Å². The fourth-order valence-electron chi connectivity index (χ4n) is 3.29. The van der Waals surface area contributed by atoms with E-state index in [9.17, 15) is 0 Å². The second-order valence-electron chi connectivity index (χ2n) is 6.61. The van der Waals surface area contributed by atoms with E-state index in [1.807, 2.05) is 0 Å². The van der Waals surface area contributed by atoms with Gasteiger partial charge < -0.3 is 10.6 Å². The molecule has 2 rings (SSSR count). The number of benzene rings is 1. The van der Waals surface area contributed by atoms with Crippen molar-refractivity contribution in [3.05, 3.63) is 35.9 Å². The Kier molecular flexibility index (Phi) is 6.68. The summed E-state index contributed by atoms with van der Waals surface area (Å²) in [6.45, 7) is 11.2. The van der Waals surface area contributed by atoms with Gasteiger partial charge in [0.15, 0.2) is 0 Å². The summed E-state index contributed by atoms with van der Waals surface area (Å²) in [7, 11) is 0. The topological polar surface area (TPSA) is 32.5 Å². The number of nitrogens with two attached hydrogens (primary N) is 1. The maximum absolute atomic E-state index is 5.70. The average Bonchev–Trinajstić information content (AvgIpc) is 2.48. The van der Waals surface area contributed by atoms with Gasteiger partial charge in [0.05, 0.1) is 0 Å². The molecule has 0 amide bonds. The highest BCUT2D eigenvalue weighted by atomic mass is 15.2. The van der Waals surface area contributed by atoms with Gasteiger partial charge in [-0.3, -0.25) is 4.90 Å². The van der Waals surface area contributed by atoms with Crippen molar-refractivity contribution in [1.29, 1.82) is 0 Å². The third-order valence-electron chi connectivity index (χ3n) is 4.50. The minimum Gasteiger partial charge on any atom is -0.329 e. The quantitative estimate of drug-likeness (QED) is 0.837. The molecule has 1 aliphatic rings. The molecule has 1 aliphatic heterocycles. The fraction of sp³-hybridized carbons (Fsp3) is 0.667. The van der Waals surface area contributed by atoms with Gasteiger partial charge in [0.2, 0.25) is 0 Å². The van der Waals surface area contributed by atoms with Crippen molar-refractivity contribution in [2.75, 3.05) is 32.7 Å². The highest BCUT2D eigenvalue weighted by Crippen LogP contribution is 2.19. The van der Waals surface area contributed by atoms with Crippen LogP contribution in [0.2, 0.25) is 0 Å². The smallest absolute Gasteiger partial charge is 0.0236 e. The van der Waals surface area contributed by atoms with Gasteiger partial charge in [-0.15, -0.1) is 0 Å². The zero-order valence-electron chi connectivity index (χ0n) is 13.7. The van der Waals surface area contributed by atoms with Gasteiger partial charge in [0, 0.05) is 38.8 Å². The van der Waals surface area contributed by atoms with Crippen molar-refractivity contribution in [1.82, 2.24) is 9.80 Å². The SMILES string of the molecule is CC(C)N(Cc1ccccc1)CC1CCCN(CCN)C1. The van der Waals surface area contributed by atoms with Crippen LogP contribution in [0.25, 0.3) is 0 Å². The van der Waals surface area contributed by atoms with E-state index >= 15 is 0 Å². The van der Waals surface area contributed by atoms with Gasteiger partial charge in [-0.2, -0.15) is 0 Å². The fourth-order valence-corrected chi connectivity index (χ4v) is 3.29. The van der Waals surface area contributed by atoms with E-state index in [1.54, 1.807) is 0 Å². The number of piperidine rings is 1. The lowest BCUT2D eigenvalue weighted by Gasteiger charge is -2.37. The van der Waals surface area contributed by atoms with Crippen LogP contribution < -0.4 is 5.73 Å². The number of likely N-dealkylation sites (tertiary alicyclic amines) is 1. The van der Waals surface area contributed by atoms with E-state index in [4.69, 9.17) is 5.73 Å². The molecular formula is C18H31N3. The monoisotopic (exact) mass is 289 g/mol. The Hall–Kier alpha value is -0.900. The Labute approximate surface area is 130 Å². The zero-order chi connectivity index (χ0) is 15.1. The first-order valence-corrected chi connectivity index (χ1v) is 8.39. The second-order valence-corrected chi connectivity index (χ2v) is 6.61. The summed E-state index contributed by atoms with van der Waals surface area (Å²) in [5.41, 5.74) is 7.12. The molecule has 118 valence electrons. The summed E-state index contributed by atoms with van der Waals surface area (Å²) in [6.07, 6.45) is 2.68. The molecule has 1 fully saturated rings. The molecule has 21 heavy (non-hydrogen) atoms. The van der Waals surface area contributed by atoms with E-state index in [0.717, 1.165) is 25.6 Å². The van der Waals surface area contributed by atoms with Crippen molar-refractivity contribution in [2.45, 2.75) is 39.3 Å². The molecule has 0 radical (unpaired) electrons. The van der Waals surface area contributed by atoms with Gasteiger partial charge in [-0.25, -0.2) is 0 Å². The summed E-state index contributed by atoms with van der Waals surface area (Å²) in [5, 5.41) is 0. The first kappa shape index (κ1) is 16.5. The molecule has 0 spiro atoms. The maximum Gasteiger partial charge on any atom is 0.0236 e. The lowest BCUT2D eigenvalue weighted by molar-refractivity contribution is 0.114. The van der Waals surface area contributed by atoms with Gasteiger partial charge in [-0.05, 0) is 44.7 Å². The Bertz CT molecular complexity index is 389. The lowest BCUT2D eigenvalue weighted by Crippen LogP contribution is -2.44. The van der Waals surface area contributed by atoms with Crippen molar-refractivity contribution in [3.63, 3.8) is 0 Å². The van der Waals surface area contributed by atoms with Gasteiger partial charge in [-0.1, -0.05) is 30.3 Å². The van der Waals surface area contributed by atoms with Crippen LogP contribution in [0.3, 0.4) is 0 Å². The highest BCUT2D eigenvalue weighted by molar-refractivity contribution is 5.14. The van der Waals surface area contributed by atoms with Crippen LogP contribution in [0.1, 0.15) is 32.3 Å². The van der Waals surface area contributed by atoms with Crippen molar-refractivity contribution < 1.29 is 0 Å². The Morgan fingerprint density at radius 1 is 1.29 bits per heavy atom. The van der Waals surface area contributed by atoms with Crippen molar-refractivity contribution in [2.24, 2.45) is 11.7 Å². The number of rotatable bonds is 7. The third kappa shape index (κ3) is 5.42. The van der Waals surface area contributed by atoms with Crippen LogP contribution in [-0.4, -0.2) is 48.6 Å². The molecule has 0 aromatic heterocycles. The van der Waals surface area contributed by atoms with Gasteiger partial charge in [0.25, 0.3) is 0 Å². The van der Waals surface area contributed by atoms with E-state index in [0.29, 0.717) is 6.04 Å². The van der Waals surface area contributed by atoms with Crippen molar-refractivity contribution >= 4 is 0 Å². The normalized spacial score (nSPS) is 20.3. The third-order valence-corrected chi connectivity index (χ3v) is 4.50. The van der Waals surface area contributed by atoms with Gasteiger partial charge in [0.1, 0.15) is 0 Å². The first-order chi connectivity index (χ1) is 10.2. The summed E-state index contributed by atoms with van der Waals surface area (Å²) in [4.78, 5) is 5.15. The average molecular weight is 289 g/mol. The minimum absolute atomic E-state index is 0.593. The molecule has 0 saturated carbocycles. The molecule has 1 atom stereocenters. The molecular weight excluding hydrogens is 258 g/mol. The summed E-state index contributed by atoms with van der Waals surface area (Å²) in [5.74, 6) is 0.788. The zero-order valence-corrected chi connectivity index (χ0v) is 13.7. The molecule has 1 heterocycles. The van der Waals surface area contributed by atoms with E-state index in [1.165, 1.54) is 38.0 Å². The standard InChI is InChI=1S/C18H31N3/c1-16(2)21(14-17-7-4-3-5-8-17)15-18-9-6-11-20(13-18)12-10-19/h3-5,7-8,16,18H,6,9-15,19H2,1-2H3. The molecule has 0 aliphatic carbocycles. The highest BCUT2D eigenvalue weighted by Gasteiger charge is 2.22. The molecule has 2 N–H and O–H groups in total. The minimum atomic E-state index is 0.593. The van der Waals surface area contributed by atoms with Crippen LogP contribution in [0, 0.1) is 5.92 Å². The second kappa shape index (κ2) is 8.52. The molecule has 1 saturated heterocycles. The van der Waals surface area contributed by atoms with E-state index in [2.05, 4.69) is 54.0 Å². The Balaban J connectivity index is 1.90. The molecule has 0 bridgehead atoms. The summed E-state index contributed by atoms with van der Waals surface area (Å²) in [6, 6.07) is 11.4. The maximum atomic E-state index is 5.70.